The molecule has 0 aromatic heterocycles. The van der Waals surface area contributed by atoms with Gasteiger partial charge in [-0.1, -0.05) is 26.8 Å². The van der Waals surface area contributed by atoms with Gasteiger partial charge in [-0.05, 0) is 37.5 Å². The van der Waals surface area contributed by atoms with E-state index in [4.69, 9.17) is 0 Å². The summed E-state index contributed by atoms with van der Waals surface area (Å²) in [6.45, 7) is 7.83. The molecule has 4 nitrogen and oxygen atoms in total. The number of hydrogen-bond donors (Lipinski definition) is 2. The van der Waals surface area contributed by atoms with Gasteiger partial charge in [0.25, 0.3) is 0 Å². The largest absolute Gasteiger partial charge is 0.380 e. The topological polar surface area (TPSA) is 58.2 Å². The van der Waals surface area contributed by atoms with Crippen LogP contribution in [0.3, 0.4) is 0 Å². The molecule has 1 aromatic rings. The zero-order chi connectivity index (χ0) is 16.3. The molecule has 1 aromatic carbocycles. The maximum atomic E-state index is 13.7. The van der Waals surface area contributed by atoms with Gasteiger partial charge in [0.15, 0.2) is 0 Å². The maximum absolute atomic E-state index is 13.7. The Bertz CT molecular complexity index is 450. The Morgan fingerprint density at radius 2 is 2.05 bits per heavy atom. The van der Waals surface area contributed by atoms with Gasteiger partial charge in [0.2, 0.25) is 12.3 Å². The Hall–Kier alpha value is -1.91. The second kappa shape index (κ2) is 10.8. The van der Waals surface area contributed by atoms with Gasteiger partial charge < -0.3 is 5.32 Å². The fourth-order valence-corrected chi connectivity index (χ4v) is 1.72. The number of aryl methyl sites for hydroxylation is 1. The summed E-state index contributed by atoms with van der Waals surface area (Å²) in [4.78, 5) is 21.2. The Labute approximate surface area is 126 Å². The van der Waals surface area contributed by atoms with Gasteiger partial charge in [-0.25, -0.2) is 4.39 Å². The highest BCUT2D eigenvalue weighted by molar-refractivity contribution is 5.85. The summed E-state index contributed by atoms with van der Waals surface area (Å²) in [5.74, 6) is -0.617. The molecule has 1 rings (SSSR count). The van der Waals surface area contributed by atoms with Crippen LogP contribution in [0.15, 0.2) is 18.2 Å². The molecule has 1 atom stereocenters. The standard InChI is InChI=1S/C14H19FN2O2.C2H6/c1-3-11-5-6-13(12(15)8-11)17-10(2)4-7-14(19)16-9-18;1-2/h5-6,8-10,17H,3-4,7H2,1-2H3,(H,16,18,19);1-2H3. The molecule has 0 fully saturated rings. The molecule has 0 heterocycles. The zero-order valence-corrected chi connectivity index (χ0v) is 13.2. The molecule has 2 N–H and O–H groups in total. The van der Waals surface area contributed by atoms with Crippen molar-refractivity contribution in [1.82, 2.24) is 5.32 Å². The molecule has 2 amide bonds. The zero-order valence-electron chi connectivity index (χ0n) is 13.2. The van der Waals surface area contributed by atoms with E-state index in [0.29, 0.717) is 18.5 Å². The summed E-state index contributed by atoms with van der Waals surface area (Å²) in [6.07, 6.45) is 1.90. The van der Waals surface area contributed by atoms with Gasteiger partial charge >= 0.3 is 0 Å². The van der Waals surface area contributed by atoms with Crippen LogP contribution in [0.25, 0.3) is 0 Å². The lowest BCUT2D eigenvalue weighted by atomic mass is 10.1. The van der Waals surface area contributed by atoms with Gasteiger partial charge in [-0.15, -0.1) is 0 Å². The number of amides is 2. The Morgan fingerprint density at radius 1 is 1.38 bits per heavy atom. The van der Waals surface area contributed by atoms with Crippen molar-refractivity contribution in [3.63, 3.8) is 0 Å². The van der Waals surface area contributed by atoms with Crippen LogP contribution in [0, 0.1) is 5.82 Å². The van der Waals surface area contributed by atoms with E-state index < -0.39 is 0 Å². The van der Waals surface area contributed by atoms with Gasteiger partial charge in [0, 0.05) is 12.5 Å². The fourth-order valence-electron chi connectivity index (χ4n) is 1.72. The predicted molar refractivity (Wildman–Crippen MR) is 83.7 cm³/mol. The number of halogens is 1. The lowest BCUT2D eigenvalue weighted by Gasteiger charge is -2.15. The van der Waals surface area contributed by atoms with Gasteiger partial charge in [-0.2, -0.15) is 0 Å². The Morgan fingerprint density at radius 3 is 2.57 bits per heavy atom. The Balaban J connectivity index is 0.00000191. The summed E-state index contributed by atoms with van der Waals surface area (Å²) < 4.78 is 13.7. The molecule has 0 bridgehead atoms. The van der Waals surface area contributed by atoms with Crippen LogP contribution in [-0.4, -0.2) is 18.4 Å². The van der Waals surface area contributed by atoms with Crippen molar-refractivity contribution in [2.45, 2.75) is 53.0 Å². The van der Waals surface area contributed by atoms with Crippen LogP contribution >= 0.6 is 0 Å². The van der Waals surface area contributed by atoms with Gasteiger partial charge in [0.1, 0.15) is 5.82 Å². The van der Waals surface area contributed by atoms with Crippen LogP contribution in [0.4, 0.5) is 10.1 Å². The van der Waals surface area contributed by atoms with Crippen molar-refractivity contribution in [2.24, 2.45) is 0 Å². The van der Waals surface area contributed by atoms with E-state index in [0.717, 1.165) is 12.0 Å². The quantitative estimate of drug-likeness (QED) is 0.759. The molecular weight excluding hydrogens is 271 g/mol. The minimum Gasteiger partial charge on any atom is -0.380 e. The van der Waals surface area contributed by atoms with E-state index >= 15 is 0 Å². The molecule has 0 saturated heterocycles. The third-order valence-corrected chi connectivity index (χ3v) is 2.87. The van der Waals surface area contributed by atoms with Crippen molar-refractivity contribution >= 4 is 18.0 Å². The summed E-state index contributed by atoms with van der Waals surface area (Å²) in [7, 11) is 0. The third kappa shape index (κ3) is 7.44. The second-order valence-corrected chi connectivity index (χ2v) is 4.44. The number of hydrogen-bond acceptors (Lipinski definition) is 3. The number of anilines is 1. The first-order valence-corrected chi connectivity index (χ1v) is 7.34. The summed E-state index contributed by atoms with van der Waals surface area (Å²) in [6, 6.07) is 5.03. The number of rotatable bonds is 7. The monoisotopic (exact) mass is 296 g/mol. The highest BCUT2D eigenvalue weighted by atomic mass is 19.1. The predicted octanol–water partition coefficient (Wildman–Crippen LogP) is 3.27. The van der Waals surface area contributed by atoms with E-state index in [1.54, 1.807) is 6.07 Å². The molecule has 5 heteroatoms. The number of carbonyl (C=O) groups excluding carboxylic acids is 2. The SMILES string of the molecule is CC.CCc1ccc(NC(C)CCC(=O)NC=O)c(F)c1. The molecule has 0 aliphatic rings. The molecular formula is C16H25FN2O2. The van der Waals surface area contributed by atoms with Crippen LogP contribution in [0.5, 0.6) is 0 Å². The van der Waals surface area contributed by atoms with E-state index in [-0.39, 0.29) is 24.2 Å². The molecule has 0 aliphatic heterocycles. The number of nitrogens with one attached hydrogen (secondary N) is 2. The molecule has 0 radical (unpaired) electrons. The third-order valence-electron chi connectivity index (χ3n) is 2.87. The highest BCUT2D eigenvalue weighted by Crippen LogP contribution is 2.18. The van der Waals surface area contributed by atoms with E-state index in [9.17, 15) is 14.0 Å². The van der Waals surface area contributed by atoms with Crippen LogP contribution in [-0.2, 0) is 16.0 Å². The first-order valence-electron chi connectivity index (χ1n) is 7.34. The molecule has 0 saturated carbocycles. The van der Waals surface area contributed by atoms with Crippen molar-refractivity contribution in [3.8, 4) is 0 Å². The smallest absolute Gasteiger partial charge is 0.226 e. The first kappa shape index (κ1) is 19.1. The normalized spacial score (nSPS) is 10.9. The molecule has 0 aliphatic carbocycles. The molecule has 0 spiro atoms. The van der Waals surface area contributed by atoms with E-state index in [1.807, 2.05) is 33.8 Å². The lowest BCUT2D eigenvalue weighted by molar-refractivity contribution is -0.125. The average molecular weight is 296 g/mol. The van der Waals surface area contributed by atoms with Crippen molar-refractivity contribution in [2.75, 3.05) is 5.32 Å². The summed E-state index contributed by atoms with van der Waals surface area (Å²) in [5, 5.41) is 5.09. The van der Waals surface area contributed by atoms with E-state index in [1.165, 1.54) is 6.07 Å². The van der Waals surface area contributed by atoms with Crippen LogP contribution in [0.2, 0.25) is 0 Å². The number of carbonyl (C=O) groups is 2. The van der Waals surface area contributed by atoms with Gasteiger partial charge in [-0.3, -0.25) is 14.9 Å². The van der Waals surface area contributed by atoms with E-state index in [2.05, 4.69) is 10.6 Å². The molecule has 21 heavy (non-hydrogen) atoms. The van der Waals surface area contributed by atoms with Crippen molar-refractivity contribution in [1.29, 1.82) is 0 Å². The summed E-state index contributed by atoms with van der Waals surface area (Å²) >= 11 is 0. The van der Waals surface area contributed by atoms with Crippen molar-refractivity contribution in [3.05, 3.63) is 29.6 Å². The number of imide groups is 1. The Kier molecular flexibility index (Phi) is 9.84. The first-order chi connectivity index (χ1) is 10.1. The lowest BCUT2D eigenvalue weighted by Crippen LogP contribution is -2.24. The van der Waals surface area contributed by atoms with Crippen molar-refractivity contribution < 1.29 is 14.0 Å². The summed E-state index contributed by atoms with van der Waals surface area (Å²) in [5.41, 5.74) is 1.38. The minimum absolute atomic E-state index is 0.0561. The average Bonchev–Trinajstić information content (AvgIpc) is 2.49. The van der Waals surface area contributed by atoms with Gasteiger partial charge in [0.05, 0.1) is 5.69 Å². The van der Waals surface area contributed by atoms with Crippen LogP contribution in [0.1, 0.15) is 46.1 Å². The highest BCUT2D eigenvalue weighted by Gasteiger charge is 2.09. The second-order valence-electron chi connectivity index (χ2n) is 4.44. The van der Waals surface area contributed by atoms with Crippen LogP contribution < -0.4 is 10.6 Å². The fraction of sp³-hybridized carbons (Fsp3) is 0.500. The molecule has 118 valence electrons. The minimum atomic E-state index is -0.328. The molecule has 1 unspecified atom stereocenters. The maximum Gasteiger partial charge on any atom is 0.226 e. The number of benzene rings is 1.